The van der Waals surface area contributed by atoms with Gasteiger partial charge in [0.2, 0.25) is 0 Å². The molecule has 20 heavy (non-hydrogen) atoms. The second-order valence-corrected chi connectivity index (χ2v) is 5.79. The Labute approximate surface area is 125 Å². The van der Waals surface area contributed by atoms with Crippen LogP contribution >= 0.6 is 11.6 Å². The number of hydrogen-bond donors (Lipinski definition) is 2. The van der Waals surface area contributed by atoms with Crippen molar-refractivity contribution in [2.75, 3.05) is 33.0 Å². The fourth-order valence-corrected chi connectivity index (χ4v) is 2.03. The molecule has 112 valence electrons. The molecule has 1 atom stereocenters. The van der Waals surface area contributed by atoms with Crippen molar-refractivity contribution >= 4 is 23.3 Å². The summed E-state index contributed by atoms with van der Waals surface area (Å²) in [4.78, 5) is 18.4. The van der Waals surface area contributed by atoms with Crippen molar-refractivity contribution in [2.45, 2.75) is 19.9 Å². The van der Waals surface area contributed by atoms with Gasteiger partial charge in [0.15, 0.2) is 0 Å². The van der Waals surface area contributed by atoms with Crippen LogP contribution in [0.3, 0.4) is 0 Å². The second kappa shape index (κ2) is 7.45. The van der Waals surface area contributed by atoms with Gasteiger partial charge in [0, 0.05) is 25.2 Å². The van der Waals surface area contributed by atoms with Gasteiger partial charge in [-0.3, -0.25) is 4.79 Å². The van der Waals surface area contributed by atoms with Crippen LogP contribution in [0, 0.1) is 5.92 Å². The SMILES string of the molecule is CNc1cc(C(=O)NC(CN(C)C)C(C)C)cc(Cl)n1. The predicted molar refractivity (Wildman–Crippen MR) is 83.4 cm³/mol. The lowest BCUT2D eigenvalue weighted by Gasteiger charge is -2.25. The number of aromatic nitrogens is 1. The van der Waals surface area contributed by atoms with E-state index in [1.807, 2.05) is 14.1 Å². The van der Waals surface area contributed by atoms with Crippen LogP contribution in [0.15, 0.2) is 12.1 Å². The molecule has 6 heteroatoms. The molecule has 2 N–H and O–H groups in total. The van der Waals surface area contributed by atoms with Crippen molar-refractivity contribution in [2.24, 2.45) is 5.92 Å². The summed E-state index contributed by atoms with van der Waals surface area (Å²) in [6, 6.07) is 3.35. The molecule has 0 aliphatic rings. The minimum Gasteiger partial charge on any atom is -0.373 e. The number of pyridine rings is 1. The zero-order chi connectivity index (χ0) is 15.3. The summed E-state index contributed by atoms with van der Waals surface area (Å²) in [5, 5.41) is 6.24. The smallest absolute Gasteiger partial charge is 0.251 e. The Kier molecular flexibility index (Phi) is 6.23. The summed E-state index contributed by atoms with van der Waals surface area (Å²) in [7, 11) is 5.72. The average molecular weight is 299 g/mol. The van der Waals surface area contributed by atoms with E-state index in [1.54, 1.807) is 19.2 Å². The number of hydrogen-bond acceptors (Lipinski definition) is 4. The molecule has 1 heterocycles. The van der Waals surface area contributed by atoms with Crippen LogP contribution in [0.2, 0.25) is 5.15 Å². The van der Waals surface area contributed by atoms with Crippen LogP contribution in [0.4, 0.5) is 5.82 Å². The van der Waals surface area contributed by atoms with Gasteiger partial charge < -0.3 is 15.5 Å². The zero-order valence-electron chi connectivity index (χ0n) is 12.7. The molecule has 0 spiro atoms. The van der Waals surface area contributed by atoms with Crippen molar-refractivity contribution in [3.63, 3.8) is 0 Å². The number of halogens is 1. The van der Waals surface area contributed by atoms with Gasteiger partial charge in [-0.15, -0.1) is 0 Å². The molecule has 1 rings (SSSR count). The first kappa shape index (κ1) is 16.7. The van der Waals surface area contributed by atoms with Crippen LogP contribution in [0.25, 0.3) is 0 Å². The van der Waals surface area contributed by atoms with E-state index in [0.29, 0.717) is 22.5 Å². The number of carbonyl (C=O) groups is 1. The quantitative estimate of drug-likeness (QED) is 0.790. The lowest BCUT2D eigenvalue weighted by atomic mass is 10.0. The number of carbonyl (C=O) groups excluding carboxylic acids is 1. The fourth-order valence-electron chi connectivity index (χ4n) is 1.82. The third-order valence-corrected chi connectivity index (χ3v) is 3.19. The topological polar surface area (TPSA) is 57.3 Å². The number of likely N-dealkylation sites (N-methyl/N-ethyl adjacent to an activating group) is 1. The summed E-state index contributed by atoms with van der Waals surface area (Å²) in [6.45, 7) is 4.97. The summed E-state index contributed by atoms with van der Waals surface area (Å²) >= 11 is 5.92. The summed E-state index contributed by atoms with van der Waals surface area (Å²) in [5.74, 6) is 0.796. The van der Waals surface area contributed by atoms with Crippen LogP contribution < -0.4 is 10.6 Å². The van der Waals surface area contributed by atoms with E-state index < -0.39 is 0 Å². The maximum Gasteiger partial charge on any atom is 0.251 e. The number of nitrogens with zero attached hydrogens (tertiary/aromatic N) is 2. The highest BCUT2D eigenvalue weighted by molar-refractivity contribution is 6.29. The van der Waals surface area contributed by atoms with Crippen molar-refractivity contribution < 1.29 is 4.79 Å². The minimum absolute atomic E-state index is 0.0856. The van der Waals surface area contributed by atoms with E-state index in [-0.39, 0.29) is 11.9 Å². The van der Waals surface area contributed by atoms with Crippen molar-refractivity contribution in [1.29, 1.82) is 0 Å². The number of nitrogens with one attached hydrogen (secondary N) is 2. The molecule has 1 amide bonds. The molecular formula is C14H23ClN4O. The van der Waals surface area contributed by atoms with E-state index in [2.05, 4.69) is 34.4 Å². The highest BCUT2D eigenvalue weighted by Crippen LogP contribution is 2.15. The molecule has 1 aromatic rings. The molecule has 0 aromatic carbocycles. The van der Waals surface area contributed by atoms with Gasteiger partial charge >= 0.3 is 0 Å². The van der Waals surface area contributed by atoms with Gasteiger partial charge in [0.25, 0.3) is 5.91 Å². The molecule has 0 saturated carbocycles. The minimum atomic E-state index is -0.133. The Balaban J connectivity index is 2.85. The molecule has 1 aromatic heterocycles. The molecule has 0 aliphatic carbocycles. The van der Waals surface area contributed by atoms with Crippen molar-refractivity contribution in [3.05, 3.63) is 22.8 Å². The summed E-state index contributed by atoms with van der Waals surface area (Å²) in [6.07, 6.45) is 0. The van der Waals surface area contributed by atoms with E-state index in [0.717, 1.165) is 6.54 Å². The van der Waals surface area contributed by atoms with Crippen molar-refractivity contribution in [3.8, 4) is 0 Å². The third-order valence-electron chi connectivity index (χ3n) is 3.00. The Bertz CT molecular complexity index is 462. The summed E-state index contributed by atoms with van der Waals surface area (Å²) < 4.78 is 0. The average Bonchev–Trinajstić information content (AvgIpc) is 2.36. The molecule has 0 bridgehead atoms. The molecular weight excluding hydrogens is 276 g/mol. The monoisotopic (exact) mass is 298 g/mol. The second-order valence-electron chi connectivity index (χ2n) is 5.40. The zero-order valence-corrected chi connectivity index (χ0v) is 13.5. The normalized spacial score (nSPS) is 12.6. The van der Waals surface area contributed by atoms with E-state index in [9.17, 15) is 4.79 Å². The molecule has 0 aliphatic heterocycles. The maximum atomic E-state index is 12.3. The van der Waals surface area contributed by atoms with Gasteiger partial charge in [0.05, 0.1) is 0 Å². The lowest BCUT2D eigenvalue weighted by molar-refractivity contribution is 0.0916. The van der Waals surface area contributed by atoms with Crippen LogP contribution in [-0.4, -0.2) is 49.5 Å². The van der Waals surface area contributed by atoms with Gasteiger partial charge in [-0.2, -0.15) is 0 Å². The number of anilines is 1. The van der Waals surface area contributed by atoms with Crippen LogP contribution in [-0.2, 0) is 0 Å². The van der Waals surface area contributed by atoms with E-state index in [1.165, 1.54) is 0 Å². The third kappa shape index (κ3) is 4.98. The lowest BCUT2D eigenvalue weighted by Crippen LogP contribution is -2.45. The maximum absolute atomic E-state index is 12.3. The van der Waals surface area contributed by atoms with E-state index in [4.69, 9.17) is 11.6 Å². The Hall–Kier alpha value is -1.33. The molecule has 1 unspecified atom stereocenters. The van der Waals surface area contributed by atoms with E-state index >= 15 is 0 Å². The number of rotatable bonds is 6. The Morgan fingerprint density at radius 2 is 2.05 bits per heavy atom. The first-order valence-corrected chi connectivity index (χ1v) is 7.02. The van der Waals surface area contributed by atoms with Crippen molar-refractivity contribution in [1.82, 2.24) is 15.2 Å². The Morgan fingerprint density at radius 3 is 2.55 bits per heavy atom. The van der Waals surface area contributed by atoms with Gasteiger partial charge in [-0.25, -0.2) is 4.98 Å². The molecule has 5 nitrogen and oxygen atoms in total. The van der Waals surface area contributed by atoms with Gasteiger partial charge in [0.1, 0.15) is 11.0 Å². The molecule has 0 saturated heterocycles. The highest BCUT2D eigenvalue weighted by Gasteiger charge is 2.18. The van der Waals surface area contributed by atoms with Gasteiger partial charge in [-0.05, 0) is 32.1 Å². The molecule has 0 radical (unpaired) electrons. The largest absolute Gasteiger partial charge is 0.373 e. The van der Waals surface area contributed by atoms with Crippen LogP contribution in [0.1, 0.15) is 24.2 Å². The Morgan fingerprint density at radius 1 is 1.40 bits per heavy atom. The predicted octanol–water partition coefficient (Wildman–Crippen LogP) is 2.09. The first-order chi connectivity index (χ1) is 9.33. The first-order valence-electron chi connectivity index (χ1n) is 6.64. The summed E-state index contributed by atoms with van der Waals surface area (Å²) in [5.41, 5.74) is 0.513. The van der Waals surface area contributed by atoms with Crippen LogP contribution in [0.5, 0.6) is 0 Å². The molecule has 0 fully saturated rings. The fraction of sp³-hybridized carbons (Fsp3) is 0.571. The number of amides is 1. The van der Waals surface area contributed by atoms with Gasteiger partial charge in [-0.1, -0.05) is 25.4 Å². The standard InChI is InChI=1S/C14H23ClN4O/c1-9(2)11(8-19(4)5)17-14(20)10-6-12(15)18-13(7-10)16-3/h6-7,9,11H,8H2,1-5H3,(H,16,18)(H,17,20). The highest BCUT2D eigenvalue weighted by atomic mass is 35.5.